The summed E-state index contributed by atoms with van der Waals surface area (Å²) in [6.07, 6.45) is -3.70. The minimum Gasteiger partial charge on any atom is -0.388 e. The van der Waals surface area contributed by atoms with Gasteiger partial charge in [0, 0.05) is 0 Å². The fraction of sp³-hybridized carbons (Fsp3) is 1.00. The van der Waals surface area contributed by atoms with Gasteiger partial charge in [0.25, 0.3) is 0 Å². The van der Waals surface area contributed by atoms with Crippen molar-refractivity contribution < 1.29 is 29.5 Å². The van der Waals surface area contributed by atoms with Gasteiger partial charge in [-0.1, -0.05) is 0 Å². The van der Waals surface area contributed by atoms with E-state index in [4.69, 9.17) is 14.2 Å². The summed E-state index contributed by atoms with van der Waals surface area (Å²) in [6.45, 7) is 3.33. The molecule has 0 amide bonds. The Kier molecular flexibility index (Phi) is 2.53. The Labute approximate surface area is 87.4 Å². The summed E-state index contributed by atoms with van der Waals surface area (Å²) < 4.78 is 16.0. The Bertz CT molecular complexity index is 255. The molecule has 15 heavy (non-hydrogen) atoms. The standard InChI is InChI=1S/C9H16O6/c1-8(2)14-4-9(15-8)7(12)6(11)5(10)3-13-9/h5-7,10-12H,3-4H2,1-2H3/t5-,6+,7-,9-/m0/s1. The molecule has 88 valence electrons. The molecule has 2 fully saturated rings. The molecule has 2 heterocycles. The van der Waals surface area contributed by atoms with Crippen molar-refractivity contribution in [2.45, 2.75) is 43.7 Å². The van der Waals surface area contributed by atoms with Gasteiger partial charge in [0.1, 0.15) is 24.9 Å². The Morgan fingerprint density at radius 3 is 2.33 bits per heavy atom. The molecular weight excluding hydrogens is 204 g/mol. The number of hydrogen-bond donors (Lipinski definition) is 3. The molecule has 2 aliphatic rings. The van der Waals surface area contributed by atoms with Crippen LogP contribution >= 0.6 is 0 Å². The Morgan fingerprint density at radius 1 is 1.13 bits per heavy atom. The molecule has 2 aliphatic heterocycles. The number of ether oxygens (including phenoxy) is 3. The number of rotatable bonds is 0. The van der Waals surface area contributed by atoms with Crippen LogP contribution < -0.4 is 0 Å². The van der Waals surface area contributed by atoms with Crippen LogP contribution in [0.4, 0.5) is 0 Å². The lowest BCUT2D eigenvalue weighted by molar-refractivity contribution is -0.337. The fourth-order valence-electron chi connectivity index (χ4n) is 1.85. The Balaban J connectivity index is 2.16. The van der Waals surface area contributed by atoms with Crippen LogP contribution in [0.1, 0.15) is 13.8 Å². The summed E-state index contributed by atoms with van der Waals surface area (Å²) in [6, 6.07) is 0. The quantitative estimate of drug-likeness (QED) is 0.464. The Morgan fingerprint density at radius 2 is 1.80 bits per heavy atom. The fourth-order valence-corrected chi connectivity index (χ4v) is 1.85. The highest BCUT2D eigenvalue weighted by Crippen LogP contribution is 2.38. The SMILES string of the molecule is CC1(C)OC[C@]2(OC[C@H](O)[C@@H](O)[C@@H]2O)O1. The van der Waals surface area contributed by atoms with Gasteiger partial charge in [0.2, 0.25) is 5.79 Å². The van der Waals surface area contributed by atoms with Crippen LogP contribution in [0, 0.1) is 0 Å². The minimum absolute atomic E-state index is 0.0327. The average Bonchev–Trinajstić information content (AvgIpc) is 2.47. The summed E-state index contributed by atoms with van der Waals surface area (Å²) in [5, 5.41) is 28.6. The summed E-state index contributed by atoms with van der Waals surface area (Å²) in [4.78, 5) is 0. The third-order valence-electron chi connectivity index (χ3n) is 2.71. The molecule has 2 rings (SSSR count). The van der Waals surface area contributed by atoms with Gasteiger partial charge in [-0.05, 0) is 13.8 Å². The van der Waals surface area contributed by atoms with E-state index in [-0.39, 0.29) is 13.2 Å². The predicted molar refractivity (Wildman–Crippen MR) is 47.8 cm³/mol. The smallest absolute Gasteiger partial charge is 0.224 e. The molecule has 2 saturated heterocycles. The summed E-state index contributed by atoms with van der Waals surface area (Å²) >= 11 is 0. The molecule has 0 aromatic rings. The zero-order valence-electron chi connectivity index (χ0n) is 8.71. The number of aliphatic hydroxyl groups is 3. The van der Waals surface area contributed by atoms with Gasteiger partial charge in [-0.3, -0.25) is 0 Å². The van der Waals surface area contributed by atoms with Crippen molar-refractivity contribution in [2.75, 3.05) is 13.2 Å². The maximum absolute atomic E-state index is 9.79. The summed E-state index contributed by atoms with van der Waals surface area (Å²) in [5.41, 5.74) is 0. The van der Waals surface area contributed by atoms with Gasteiger partial charge < -0.3 is 29.5 Å². The maximum Gasteiger partial charge on any atom is 0.224 e. The number of aliphatic hydroxyl groups excluding tert-OH is 3. The zero-order valence-corrected chi connectivity index (χ0v) is 8.71. The highest BCUT2D eigenvalue weighted by Gasteiger charge is 2.57. The van der Waals surface area contributed by atoms with Crippen LogP contribution in [0.25, 0.3) is 0 Å². The van der Waals surface area contributed by atoms with Crippen molar-refractivity contribution in [3.05, 3.63) is 0 Å². The van der Waals surface area contributed by atoms with Gasteiger partial charge in [-0.25, -0.2) is 0 Å². The maximum atomic E-state index is 9.79. The van der Waals surface area contributed by atoms with E-state index >= 15 is 0 Å². The van der Waals surface area contributed by atoms with E-state index in [1.807, 2.05) is 0 Å². The zero-order chi connectivity index (χ0) is 11.3. The van der Waals surface area contributed by atoms with E-state index < -0.39 is 29.9 Å². The van der Waals surface area contributed by atoms with Crippen LogP contribution in [0.3, 0.4) is 0 Å². The van der Waals surface area contributed by atoms with Crippen molar-refractivity contribution in [3.8, 4) is 0 Å². The van der Waals surface area contributed by atoms with Crippen molar-refractivity contribution in [1.82, 2.24) is 0 Å². The largest absolute Gasteiger partial charge is 0.388 e. The third-order valence-corrected chi connectivity index (χ3v) is 2.71. The van der Waals surface area contributed by atoms with Gasteiger partial charge in [-0.2, -0.15) is 0 Å². The highest BCUT2D eigenvalue weighted by atomic mass is 16.8. The first-order chi connectivity index (χ1) is 6.86. The monoisotopic (exact) mass is 220 g/mol. The first kappa shape index (κ1) is 11.3. The molecule has 1 spiro atoms. The normalized spacial score (nSPS) is 49.8. The highest BCUT2D eigenvalue weighted by molar-refractivity contribution is 4.96. The van der Waals surface area contributed by atoms with Gasteiger partial charge in [0.05, 0.1) is 6.61 Å². The average molecular weight is 220 g/mol. The second kappa shape index (κ2) is 3.38. The van der Waals surface area contributed by atoms with E-state index in [1.54, 1.807) is 13.8 Å². The predicted octanol–water partition coefficient (Wildman–Crippen LogP) is -1.42. The minimum atomic E-state index is -1.36. The molecule has 0 radical (unpaired) electrons. The molecule has 0 aromatic heterocycles. The van der Waals surface area contributed by atoms with Crippen LogP contribution in [-0.4, -0.2) is 58.4 Å². The molecule has 0 saturated carbocycles. The lowest BCUT2D eigenvalue weighted by Crippen LogP contribution is -2.62. The van der Waals surface area contributed by atoms with Gasteiger partial charge in [-0.15, -0.1) is 0 Å². The summed E-state index contributed by atoms with van der Waals surface area (Å²) in [5.74, 6) is -2.22. The second-order valence-electron chi connectivity index (χ2n) is 4.42. The molecule has 6 nitrogen and oxygen atoms in total. The number of hydrogen-bond acceptors (Lipinski definition) is 6. The molecule has 0 unspecified atom stereocenters. The molecule has 3 N–H and O–H groups in total. The lowest BCUT2D eigenvalue weighted by Gasteiger charge is -2.41. The van der Waals surface area contributed by atoms with Crippen LogP contribution in [0.15, 0.2) is 0 Å². The molecule has 0 bridgehead atoms. The van der Waals surface area contributed by atoms with E-state index in [9.17, 15) is 15.3 Å². The molecule has 6 heteroatoms. The molecular formula is C9H16O6. The molecule has 0 aliphatic carbocycles. The van der Waals surface area contributed by atoms with Crippen molar-refractivity contribution in [2.24, 2.45) is 0 Å². The van der Waals surface area contributed by atoms with Gasteiger partial charge in [0.15, 0.2) is 5.79 Å². The van der Waals surface area contributed by atoms with E-state index in [0.717, 1.165) is 0 Å². The van der Waals surface area contributed by atoms with Crippen molar-refractivity contribution in [3.63, 3.8) is 0 Å². The first-order valence-corrected chi connectivity index (χ1v) is 4.89. The van der Waals surface area contributed by atoms with Crippen LogP contribution in [-0.2, 0) is 14.2 Å². The van der Waals surface area contributed by atoms with Crippen LogP contribution in [0.2, 0.25) is 0 Å². The van der Waals surface area contributed by atoms with Gasteiger partial charge >= 0.3 is 0 Å². The second-order valence-corrected chi connectivity index (χ2v) is 4.42. The van der Waals surface area contributed by atoms with E-state index in [0.29, 0.717) is 0 Å². The Hall–Kier alpha value is -0.240. The first-order valence-electron chi connectivity index (χ1n) is 4.89. The van der Waals surface area contributed by atoms with E-state index in [2.05, 4.69) is 0 Å². The van der Waals surface area contributed by atoms with Crippen molar-refractivity contribution in [1.29, 1.82) is 0 Å². The molecule has 0 aromatic carbocycles. The van der Waals surface area contributed by atoms with E-state index in [1.165, 1.54) is 0 Å². The molecule has 4 atom stereocenters. The topological polar surface area (TPSA) is 88.4 Å². The van der Waals surface area contributed by atoms with Crippen molar-refractivity contribution >= 4 is 0 Å². The van der Waals surface area contributed by atoms with Crippen LogP contribution in [0.5, 0.6) is 0 Å². The lowest BCUT2D eigenvalue weighted by atomic mass is 9.97. The summed E-state index contributed by atoms with van der Waals surface area (Å²) in [7, 11) is 0. The third kappa shape index (κ3) is 1.77.